The molecule has 0 nitrogen and oxygen atoms in total. The third-order valence-electron chi connectivity index (χ3n) is 1.32. The molecule has 0 fully saturated rings. The van der Waals surface area contributed by atoms with Crippen molar-refractivity contribution in [2.75, 3.05) is 0 Å². The Morgan fingerprint density at radius 1 is 1.17 bits per heavy atom. The van der Waals surface area contributed by atoms with Crippen LogP contribution in [0.1, 0.15) is 5.56 Å². The topological polar surface area (TPSA) is 0 Å². The van der Waals surface area contributed by atoms with Crippen molar-refractivity contribution >= 4 is 40.9 Å². The van der Waals surface area contributed by atoms with E-state index in [1.165, 1.54) is 0 Å². The molecule has 3 heteroatoms. The molecule has 1 aromatic rings. The fourth-order valence-electron chi connectivity index (χ4n) is 0.824. The van der Waals surface area contributed by atoms with E-state index in [1.807, 2.05) is 0 Å². The zero-order chi connectivity index (χ0) is 9.14. The van der Waals surface area contributed by atoms with Crippen LogP contribution in [0.15, 0.2) is 18.2 Å². The first-order valence-corrected chi connectivity index (χ1v) is 4.39. The van der Waals surface area contributed by atoms with Crippen molar-refractivity contribution in [1.29, 1.82) is 0 Å². The van der Waals surface area contributed by atoms with E-state index in [2.05, 4.69) is 6.92 Å². The van der Waals surface area contributed by atoms with Gasteiger partial charge in [0.2, 0.25) is 0 Å². The summed E-state index contributed by atoms with van der Waals surface area (Å²) in [6.07, 6.45) is 3.38. The van der Waals surface area contributed by atoms with Crippen LogP contribution < -0.4 is 0 Å². The fraction of sp³-hybridized carbons (Fsp3) is 0. The molecular formula is C9H6Cl3. The quantitative estimate of drug-likeness (QED) is 0.612. The van der Waals surface area contributed by atoms with Crippen molar-refractivity contribution in [3.8, 4) is 0 Å². The highest BCUT2D eigenvalue weighted by atomic mass is 35.5. The molecule has 0 aromatic heterocycles. The van der Waals surface area contributed by atoms with Crippen molar-refractivity contribution in [2.24, 2.45) is 0 Å². The van der Waals surface area contributed by atoms with E-state index in [-0.39, 0.29) is 0 Å². The molecule has 0 aliphatic carbocycles. The molecule has 0 spiro atoms. The highest BCUT2D eigenvalue weighted by molar-refractivity contribution is 6.44. The highest BCUT2D eigenvalue weighted by Gasteiger charge is 2.03. The molecule has 0 saturated carbocycles. The lowest BCUT2D eigenvalue weighted by Crippen LogP contribution is -1.77. The first-order valence-electron chi connectivity index (χ1n) is 3.25. The average Bonchev–Trinajstić information content (AvgIpc) is 2.00. The van der Waals surface area contributed by atoms with Gasteiger partial charge in [0.05, 0.1) is 10.0 Å². The van der Waals surface area contributed by atoms with Gasteiger partial charge in [-0.15, -0.1) is 0 Å². The van der Waals surface area contributed by atoms with Gasteiger partial charge in [-0.2, -0.15) is 0 Å². The summed E-state index contributed by atoms with van der Waals surface area (Å²) in [6.45, 7) is 3.56. The van der Waals surface area contributed by atoms with Gasteiger partial charge in [0.15, 0.2) is 0 Å². The van der Waals surface area contributed by atoms with Crippen molar-refractivity contribution in [2.45, 2.75) is 0 Å². The maximum atomic E-state index is 5.87. The monoisotopic (exact) mass is 219 g/mol. The molecule has 0 atom stereocenters. The van der Waals surface area contributed by atoms with Crippen LogP contribution in [-0.2, 0) is 0 Å². The normalized spacial score (nSPS) is 11.0. The van der Waals surface area contributed by atoms with Gasteiger partial charge in [-0.25, -0.2) is 0 Å². The standard InChI is InChI=1S/C9H6Cl3/c1-2-3-6-4-7(10)5-8(11)9(6)12/h2-5H,1H2. The van der Waals surface area contributed by atoms with Gasteiger partial charge in [0, 0.05) is 5.02 Å². The van der Waals surface area contributed by atoms with Gasteiger partial charge in [-0.1, -0.05) is 47.0 Å². The van der Waals surface area contributed by atoms with Crippen LogP contribution in [0.5, 0.6) is 0 Å². The van der Waals surface area contributed by atoms with Gasteiger partial charge >= 0.3 is 0 Å². The van der Waals surface area contributed by atoms with Gasteiger partial charge in [-0.3, -0.25) is 0 Å². The number of benzene rings is 1. The molecule has 0 saturated heterocycles. The summed E-state index contributed by atoms with van der Waals surface area (Å²) in [6, 6.07) is 3.34. The lowest BCUT2D eigenvalue weighted by atomic mass is 10.2. The molecule has 0 N–H and O–H groups in total. The second-order valence-corrected chi connectivity index (χ2v) is 3.41. The molecule has 1 rings (SSSR count). The molecule has 0 bridgehead atoms. The highest BCUT2D eigenvalue weighted by Crippen LogP contribution is 2.30. The smallest absolute Gasteiger partial charge is 0.0665 e. The van der Waals surface area contributed by atoms with E-state index >= 15 is 0 Å². The van der Waals surface area contributed by atoms with Gasteiger partial charge in [-0.05, 0) is 24.6 Å². The molecule has 0 aliphatic heterocycles. The summed E-state index contributed by atoms with van der Waals surface area (Å²) in [5.41, 5.74) is 0.782. The Hall–Kier alpha value is -0.170. The molecule has 0 aliphatic rings. The SMILES string of the molecule is [CH2]C=Cc1cc(Cl)cc(Cl)c1Cl. The van der Waals surface area contributed by atoms with Gasteiger partial charge < -0.3 is 0 Å². The van der Waals surface area contributed by atoms with Crippen LogP contribution in [0.2, 0.25) is 15.1 Å². The van der Waals surface area contributed by atoms with E-state index in [4.69, 9.17) is 34.8 Å². The van der Waals surface area contributed by atoms with Gasteiger partial charge in [0.25, 0.3) is 0 Å². The van der Waals surface area contributed by atoms with Crippen molar-refractivity contribution in [1.82, 2.24) is 0 Å². The van der Waals surface area contributed by atoms with E-state index in [9.17, 15) is 0 Å². The molecule has 0 unspecified atom stereocenters. The molecule has 12 heavy (non-hydrogen) atoms. The third kappa shape index (κ3) is 2.16. The first kappa shape index (κ1) is 9.91. The van der Waals surface area contributed by atoms with E-state index in [0.717, 1.165) is 5.56 Å². The molecule has 0 amide bonds. The van der Waals surface area contributed by atoms with Crippen molar-refractivity contribution < 1.29 is 0 Å². The van der Waals surface area contributed by atoms with Crippen molar-refractivity contribution in [3.05, 3.63) is 45.8 Å². The number of hydrogen-bond donors (Lipinski definition) is 0. The Kier molecular flexibility index (Phi) is 3.45. The lowest BCUT2D eigenvalue weighted by Gasteiger charge is -2.01. The van der Waals surface area contributed by atoms with E-state index in [1.54, 1.807) is 24.3 Å². The average molecular weight is 221 g/mol. The molecule has 63 valence electrons. The number of allylic oxidation sites excluding steroid dienone is 1. The Morgan fingerprint density at radius 3 is 2.42 bits per heavy atom. The number of halogens is 3. The predicted molar refractivity (Wildman–Crippen MR) is 55.9 cm³/mol. The summed E-state index contributed by atoms with van der Waals surface area (Å²) >= 11 is 17.4. The molecule has 0 heterocycles. The Balaban J connectivity index is 3.27. The number of hydrogen-bond acceptors (Lipinski definition) is 0. The summed E-state index contributed by atoms with van der Waals surface area (Å²) in [5.74, 6) is 0. The molecule has 1 aromatic carbocycles. The lowest BCUT2D eigenvalue weighted by molar-refractivity contribution is 1.65. The minimum Gasteiger partial charge on any atom is -0.0843 e. The molecule has 1 radical (unpaired) electrons. The van der Waals surface area contributed by atoms with Crippen molar-refractivity contribution in [3.63, 3.8) is 0 Å². The minimum atomic E-state index is 0.456. The van der Waals surface area contributed by atoms with E-state index in [0.29, 0.717) is 15.1 Å². The minimum absolute atomic E-state index is 0.456. The third-order valence-corrected chi connectivity index (χ3v) is 2.35. The van der Waals surface area contributed by atoms with Crippen LogP contribution in [-0.4, -0.2) is 0 Å². The summed E-state index contributed by atoms with van der Waals surface area (Å²) in [7, 11) is 0. The van der Waals surface area contributed by atoms with Crippen LogP contribution in [0, 0.1) is 6.92 Å². The van der Waals surface area contributed by atoms with Crippen LogP contribution >= 0.6 is 34.8 Å². The molecular weight excluding hydrogens is 214 g/mol. The van der Waals surface area contributed by atoms with E-state index < -0.39 is 0 Å². The maximum Gasteiger partial charge on any atom is 0.0665 e. The first-order chi connectivity index (χ1) is 5.65. The Morgan fingerprint density at radius 2 is 1.83 bits per heavy atom. The predicted octanol–water partition coefficient (Wildman–Crippen LogP) is 4.49. The van der Waals surface area contributed by atoms with Crippen LogP contribution in [0.3, 0.4) is 0 Å². The van der Waals surface area contributed by atoms with Crippen LogP contribution in [0.4, 0.5) is 0 Å². The Labute approximate surface area is 86.7 Å². The zero-order valence-electron chi connectivity index (χ0n) is 6.15. The Bertz CT molecular complexity index is 316. The second-order valence-electron chi connectivity index (χ2n) is 2.19. The second kappa shape index (κ2) is 4.18. The maximum absolute atomic E-state index is 5.87. The summed E-state index contributed by atoms with van der Waals surface area (Å²) in [5, 5.41) is 1.52. The van der Waals surface area contributed by atoms with Crippen LogP contribution in [0.25, 0.3) is 6.08 Å². The number of rotatable bonds is 1. The summed E-state index contributed by atoms with van der Waals surface area (Å²) < 4.78 is 0. The zero-order valence-corrected chi connectivity index (χ0v) is 8.42. The largest absolute Gasteiger partial charge is 0.0843 e. The fourth-order valence-corrected chi connectivity index (χ4v) is 1.51. The van der Waals surface area contributed by atoms with Gasteiger partial charge in [0.1, 0.15) is 0 Å². The summed E-state index contributed by atoms with van der Waals surface area (Å²) in [4.78, 5) is 0.